The third-order valence-corrected chi connectivity index (χ3v) is 6.46. The number of benzene rings is 1. The third kappa shape index (κ3) is 4.99. The molecule has 3 atom stereocenters. The number of rotatable bonds is 6. The molecule has 1 amide bonds. The van der Waals surface area contributed by atoms with Gasteiger partial charge < -0.3 is 9.84 Å². The normalized spacial score (nSPS) is 20.5. The number of nitrogens with one attached hydrogen (secondary N) is 1. The number of hydrogen-bond donors (Lipinski definition) is 2. The van der Waals surface area contributed by atoms with Crippen LogP contribution in [0.3, 0.4) is 0 Å². The molecule has 0 saturated carbocycles. The van der Waals surface area contributed by atoms with E-state index in [9.17, 15) is 27.5 Å². The summed E-state index contributed by atoms with van der Waals surface area (Å²) in [5.41, 5.74) is -0.505. The molecule has 31 heavy (non-hydrogen) atoms. The summed E-state index contributed by atoms with van der Waals surface area (Å²) in [6, 6.07) is 1.17. The number of carbonyl (C=O) groups excluding carboxylic acids is 1. The lowest BCUT2D eigenvalue weighted by molar-refractivity contribution is -0.137. The molecule has 1 aromatic heterocycles. The second-order valence-electron chi connectivity index (χ2n) is 7.69. The fourth-order valence-electron chi connectivity index (χ4n) is 3.33. The Morgan fingerprint density at radius 3 is 2.58 bits per heavy atom. The fraction of sp³-hybridized carbons (Fsp3) is 0.500. The van der Waals surface area contributed by atoms with Crippen molar-refractivity contribution < 1.29 is 32.2 Å². The summed E-state index contributed by atoms with van der Waals surface area (Å²) in [7, 11) is 0. The van der Waals surface area contributed by atoms with Gasteiger partial charge in [0.05, 0.1) is 22.3 Å². The molecule has 1 fully saturated rings. The Morgan fingerprint density at radius 1 is 1.32 bits per heavy atom. The Bertz CT molecular complexity index is 964. The minimum absolute atomic E-state index is 0.136. The number of amides is 1. The third-order valence-electron chi connectivity index (χ3n) is 5.00. The number of ether oxygens (including phenoxy) is 1. The minimum atomic E-state index is -4.75. The van der Waals surface area contributed by atoms with E-state index in [4.69, 9.17) is 4.74 Å². The zero-order valence-electron chi connectivity index (χ0n) is 17.3. The molecule has 0 bridgehead atoms. The summed E-state index contributed by atoms with van der Waals surface area (Å²) in [4.78, 5) is 18.7. The largest absolute Gasteiger partial charge is 0.439 e. The Morgan fingerprint density at radius 2 is 2.00 bits per heavy atom. The zero-order valence-corrected chi connectivity index (χ0v) is 18.1. The SMILES string of the molecule is Cc1nc(C(C)C)sc1CNC(O)N1C(=O)O[C@H](c2cc(F)cc(C(F)(F)F)c2)[C@@H]1C. The van der Waals surface area contributed by atoms with Gasteiger partial charge >= 0.3 is 12.3 Å². The van der Waals surface area contributed by atoms with Crippen LogP contribution in [-0.4, -0.2) is 33.5 Å². The van der Waals surface area contributed by atoms with Crippen molar-refractivity contribution in [3.63, 3.8) is 0 Å². The van der Waals surface area contributed by atoms with Gasteiger partial charge in [-0.25, -0.2) is 14.2 Å². The van der Waals surface area contributed by atoms with Gasteiger partial charge in [-0.1, -0.05) is 13.8 Å². The maximum Gasteiger partial charge on any atom is 0.416 e. The molecule has 3 rings (SSSR count). The van der Waals surface area contributed by atoms with Crippen molar-refractivity contribution in [3.8, 4) is 0 Å². The van der Waals surface area contributed by atoms with Gasteiger partial charge in [-0.15, -0.1) is 11.3 Å². The molecule has 2 N–H and O–H groups in total. The Balaban J connectivity index is 1.74. The number of aliphatic hydroxyl groups is 1. The maximum absolute atomic E-state index is 13.8. The van der Waals surface area contributed by atoms with Crippen molar-refractivity contribution >= 4 is 17.4 Å². The highest BCUT2D eigenvalue weighted by molar-refractivity contribution is 7.11. The van der Waals surface area contributed by atoms with Gasteiger partial charge in [0.2, 0.25) is 0 Å². The molecule has 1 aliphatic rings. The second-order valence-corrected chi connectivity index (χ2v) is 8.81. The van der Waals surface area contributed by atoms with Crippen LogP contribution in [0.15, 0.2) is 18.2 Å². The molecule has 170 valence electrons. The zero-order chi connectivity index (χ0) is 23.1. The first-order valence-electron chi connectivity index (χ1n) is 9.62. The molecule has 1 unspecified atom stereocenters. The van der Waals surface area contributed by atoms with Gasteiger partial charge in [-0.05, 0) is 37.6 Å². The van der Waals surface area contributed by atoms with Crippen molar-refractivity contribution in [2.45, 2.75) is 64.8 Å². The van der Waals surface area contributed by atoms with Crippen LogP contribution in [0.4, 0.5) is 22.4 Å². The van der Waals surface area contributed by atoms with Gasteiger partial charge in [-0.2, -0.15) is 13.2 Å². The Labute approximate surface area is 180 Å². The summed E-state index contributed by atoms with van der Waals surface area (Å²) in [6.45, 7) is 7.62. The van der Waals surface area contributed by atoms with Crippen LogP contribution in [0, 0.1) is 12.7 Å². The number of aliphatic hydroxyl groups excluding tert-OH is 1. The smallest absolute Gasteiger partial charge is 0.416 e. The summed E-state index contributed by atoms with van der Waals surface area (Å²) in [6.07, 6.45) is -8.28. The lowest BCUT2D eigenvalue weighted by atomic mass is 10.0. The number of alkyl halides is 3. The first-order chi connectivity index (χ1) is 14.4. The van der Waals surface area contributed by atoms with Crippen LogP contribution in [0.25, 0.3) is 0 Å². The van der Waals surface area contributed by atoms with Crippen LogP contribution < -0.4 is 5.32 Å². The number of cyclic esters (lactones) is 1. The van der Waals surface area contributed by atoms with Gasteiger partial charge in [-0.3, -0.25) is 10.2 Å². The summed E-state index contributed by atoms with van der Waals surface area (Å²) < 4.78 is 58.0. The van der Waals surface area contributed by atoms with E-state index in [1.165, 1.54) is 18.3 Å². The predicted molar refractivity (Wildman–Crippen MR) is 106 cm³/mol. The van der Waals surface area contributed by atoms with E-state index in [-0.39, 0.29) is 18.0 Å². The van der Waals surface area contributed by atoms with Crippen LogP contribution in [-0.2, 0) is 17.5 Å². The van der Waals surface area contributed by atoms with E-state index in [0.29, 0.717) is 6.07 Å². The lowest BCUT2D eigenvalue weighted by Crippen LogP contribution is -2.49. The highest BCUT2D eigenvalue weighted by atomic mass is 32.1. The standard InChI is InChI=1S/C20H23F4N3O3S/c1-9(2)17-26-10(3)15(31-17)8-25-18(28)27-11(4)16(30-19(27)29)12-5-13(20(22,23)24)7-14(21)6-12/h5-7,9,11,16,18,25,28H,8H2,1-4H3/t11-,16-,18?/m0/s1. The Kier molecular flexibility index (Phi) is 6.59. The number of aryl methyl sites for hydroxylation is 1. The van der Waals surface area contributed by atoms with Crippen LogP contribution in [0.1, 0.15) is 59.5 Å². The molecule has 0 spiro atoms. The number of carbonyl (C=O) groups is 1. The van der Waals surface area contributed by atoms with E-state index in [1.54, 1.807) is 0 Å². The average Bonchev–Trinajstić information content (AvgIpc) is 3.18. The van der Waals surface area contributed by atoms with Gasteiger partial charge in [0.15, 0.2) is 6.35 Å². The number of halogens is 4. The number of hydrogen-bond acceptors (Lipinski definition) is 6. The van der Waals surface area contributed by atoms with E-state index < -0.39 is 42.1 Å². The average molecular weight is 461 g/mol. The van der Waals surface area contributed by atoms with Crippen LogP contribution in [0.5, 0.6) is 0 Å². The second kappa shape index (κ2) is 8.71. The van der Waals surface area contributed by atoms with Crippen molar-refractivity contribution in [2.24, 2.45) is 0 Å². The van der Waals surface area contributed by atoms with Gasteiger partial charge in [0.25, 0.3) is 0 Å². The highest BCUT2D eigenvalue weighted by Crippen LogP contribution is 2.37. The monoisotopic (exact) mass is 461 g/mol. The minimum Gasteiger partial charge on any atom is -0.439 e. The number of aromatic nitrogens is 1. The first-order valence-corrected chi connectivity index (χ1v) is 10.4. The summed E-state index contributed by atoms with van der Waals surface area (Å²) in [5, 5.41) is 14.3. The maximum atomic E-state index is 13.8. The van der Waals surface area contributed by atoms with Gasteiger partial charge in [0.1, 0.15) is 11.9 Å². The topological polar surface area (TPSA) is 74.7 Å². The summed E-state index contributed by atoms with van der Waals surface area (Å²) in [5.74, 6) is -0.837. The molecule has 2 heterocycles. The molecule has 11 heteroatoms. The number of thiazole rings is 1. The molecule has 6 nitrogen and oxygen atoms in total. The predicted octanol–water partition coefficient (Wildman–Crippen LogP) is 4.68. The fourth-order valence-corrected chi connectivity index (χ4v) is 4.35. The van der Waals surface area contributed by atoms with E-state index in [1.807, 2.05) is 20.8 Å². The first kappa shape index (κ1) is 23.4. The highest BCUT2D eigenvalue weighted by Gasteiger charge is 2.44. The molecule has 1 aromatic carbocycles. The molecule has 1 aliphatic heterocycles. The molecule has 2 aromatic rings. The quantitative estimate of drug-likeness (QED) is 0.483. The van der Waals surface area contributed by atoms with Gasteiger partial charge in [0, 0.05) is 17.3 Å². The molecule has 1 saturated heterocycles. The van der Waals surface area contributed by atoms with Crippen LogP contribution in [0.2, 0.25) is 0 Å². The molecule has 0 radical (unpaired) electrons. The van der Waals surface area contributed by atoms with Crippen LogP contribution >= 0.6 is 11.3 Å². The van der Waals surface area contributed by atoms with Crippen molar-refractivity contribution in [1.82, 2.24) is 15.2 Å². The van der Waals surface area contributed by atoms with E-state index in [2.05, 4.69) is 10.3 Å². The van der Waals surface area contributed by atoms with Crippen molar-refractivity contribution in [2.75, 3.05) is 0 Å². The Hall–Kier alpha value is -2.24. The number of nitrogens with zero attached hydrogens (tertiary/aromatic N) is 2. The molecular formula is C20H23F4N3O3S. The van der Waals surface area contributed by atoms with E-state index in [0.717, 1.165) is 32.6 Å². The lowest BCUT2D eigenvalue weighted by Gasteiger charge is -2.26. The molecular weight excluding hydrogens is 438 g/mol. The summed E-state index contributed by atoms with van der Waals surface area (Å²) >= 11 is 1.49. The van der Waals surface area contributed by atoms with Crippen molar-refractivity contribution in [3.05, 3.63) is 50.7 Å². The van der Waals surface area contributed by atoms with Crippen molar-refractivity contribution in [1.29, 1.82) is 0 Å². The molecule has 0 aliphatic carbocycles. The van der Waals surface area contributed by atoms with E-state index >= 15 is 0 Å².